The molecule has 2 rings (SSSR count). The molecule has 2 N–H and O–H groups in total. The molecule has 8 heteroatoms. The van der Waals surface area contributed by atoms with E-state index in [0.717, 1.165) is 11.5 Å². The number of aromatic nitrogens is 2. The summed E-state index contributed by atoms with van der Waals surface area (Å²) in [5.41, 5.74) is 0.834. The fourth-order valence-corrected chi connectivity index (χ4v) is 2.91. The topological polar surface area (TPSA) is 92.2 Å². The summed E-state index contributed by atoms with van der Waals surface area (Å²) < 4.78 is 4.29. The van der Waals surface area contributed by atoms with E-state index in [1.54, 1.807) is 12.1 Å². The van der Waals surface area contributed by atoms with Gasteiger partial charge in [-0.25, -0.2) is 4.79 Å². The van der Waals surface area contributed by atoms with Crippen LogP contribution in [0, 0.1) is 0 Å². The number of carboxylic acids is 1. The van der Waals surface area contributed by atoms with Gasteiger partial charge in [0.15, 0.2) is 0 Å². The first-order valence-electron chi connectivity index (χ1n) is 6.07. The van der Waals surface area contributed by atoms with Gasteiger partial charge in [-0.05, 0) is 45.5 Å². The molecule has 0 atom stereocenters. The fourth-order valence-electron chi connectivity index (χ4n) is 1.73. The minimum absolute atomic E-state index is 0.0151. The summed E-state index contributed by atoms with van der Waals surface area (Å²) in [4.78, 5) is 23.9. The average Bonchev–Trinajstić information content (AvgIpc) is 2.90. The minimum atomic E-state index is -1.11. The second-order valence-corrected chi connectivity index (χ2v) is 6.17. The maximum absolute atomic E-state index is 12.3. The molecule has 0 radical (unpaired) electrons. The van der Waals surface area contributed by atoms with E-state index in [-0.39, 0.29) is 17.2 Å². The quantitative estimate of drug-likeness (QED) is 0.861. The summed E-state index contributed by atoms with van der Waals surface area (Å²) in [6.07, 6.45) is 0. The van der Waals surface area contributed by atoms with Crippen molar-refractivity contribution >= 4 is 45.0 Å². The summed E-state index contributed by atoms with van der Waals surface area (Å²) in [5, 5.41) is 15.7. The van der Waals surface area contributed by atoms with E-state index in [9.17, 15) is 14.7 Å². The Kier molecular flexibility index (Phi) is 4.69. The Labute approximate surface area is 133 Å². The summed E-state index contributed by atoms with van der Waals surface area (Å²) >= 11 is 4.24. The Morgan fingerprint density at radius 1 is 1.38 bits per heavy atom. The molecule has 0 aliphatic carbocycles. The van der Waals surface area contributed by atoms with Crippen molar-refractivity contribution in [3.63, 3.8) is 0 Å². The smallest absolute Gasteiger partial charge is 0.337 e. The third kappa shape index (κ3) is 3.27. The van der Waals surface area contributed by atoms with Crippen molar-refractivity contribution in [3.8, 4) is 0 Å². The van der Waals surface area contributed by atoms with E-state index < -0.39 is 11.9 Å². The van der Waals surface area contributed by atoms with E-state index in [1.807, 2.05) is 13.8 Å². The maximum Gasteiger partial charge on any atom is 0.337 e. The molecule has 0 saturated heterocycles. The van der Waals surface area contributed by atoms with E-state index >= 15 is 0 Å². The van der Waals surface area contributed by atoms with Crippen molar-refractivity contribution in [3.05, 3.63) is 38.8 Å². The van der Waals surface area contributed by atoms with Gasteiger partial charge in [0.2, 0.25) is 0 Å². The van der Waals surface area contributed by atoms with Crippen molar-refractivity contribution in [2.45, 2.75) is 19.8 Å². The number of rotatable bonds is 4. The average molecular weight is 370 g/mol. The van der Waals surface area contributed by atoms with Gasteiger partial charge >= 0.3 is 5.97 Å². The zero-order chi connectivity index (χ0) is 15.6. The summed E-state index contributed by atoms with van der Waals surface area (Å²) in [6.45, 7) is 3.82. The number of halogens is 1. The lowest BCUT2D eigenvalue weighted by molar-refractivity contribution is 0.0698. The Balaban J connectivity index is 2.36. The molecule has 0 fully saturated rings. The monoisotopic (exact) mass is 369 g/mol. The number of anilines is 1. The zero-order valence-corrected chi connectivity index (χ0v) is 13.7. The maximum atomic E-state index is 12.3. The highest BCUT2D eigenvalue weighted by Crippen LogP contribution is 2.28. The highest BCUT2D eigenvalue weighted by molar-refractivity contribution is 9.10. The molecule has 1 amide bonds. The van der Waals surface area contributed by atoms with Crippen LogP contribution in [0.3, 0.4) is 0 Å². The third-order valence-electron chi connectivity index (χ3n) is 2.75. The van der Waals surface area contributed by atoms with Gasteiger partial charge in [-0.2, -0.15) is 0 Å². The minimum Gasteiger partial charge on any atom is -0.478 e. The number of hydrogen-bond donors (Lipinski definition) is 2. The van der Waals surface area contributed by atoms with Gasteiger partial charge in [-0.3, -0.25) is 4.79 Å². The SMILES string of the molecule is CC(C)c1nnsc1C(=O)Nc1c(Br)cccc1C(=O)O. The molecule has 0 unspecified atom stereocenters. The molecule has 1 aromatic carbocycles. The van der Waals surface area contributed by atoms with E-state index in [0.29, 0.717) is 15.0 Å². The highest BCUT2D eigenvalue weighted by Gasteiger charge is 2.21. The van der Waals surface area contributed by atoms with Crippen molar-refractivity contribution in [1.82, 2.24) is 9.59 Å². The predicted molar refractivity (Wildman–Crippen MR) is 83.1 cm³/mol. The lowest BCUT2D eigenvalue weighted by atomic mass is 10.1. The molecular weight excluding hydrogens is 358 g/mol. The largest absolute Gasteiger partial charge is 0.478 e. The van der Waals surface area contributed by atoms with Crippen molar-refractivity contribution in [2.75, 3.05) is 5.32 Å². The van der Waals surface area contributed by atoms with Crippen LogP contribution in [0.15, 0.2) is 22.7 Å². The lowest BCUT2D eigenvalue weighted by Crippen LogP contribution is -2.16. The number of nitrogens with zero attached hydrogens (tertiary/aromatic N) is 2. The Morgan fingerprint density at radius 2 is 2.10 bits per heavy atom. The van der Waals surface area contributed by atoms with Crippen LogP contribution in [0.1, 0.15) is 45.5 Å². The van der Waals surface area contributed by atoms with E-state index in [2.05, 4.69) is 30.8 Å². The summed E-state index contributed by atoms with van der Waals surface area (Å²) in [7, 11) is 0. The standard InChI is InChI=1S/C13H12BrN3O3S/c1-6(2)9-11(21-17-16-9)12(18)15-10-7(13(19)20)4-3-5-8(10)14/h3-6H,1-2H3,(H,15,18)(H,19,20). The van der Waals surface area contributed by atoms with Gasteiger partial charge in [0.1, 0.15) is 4.88 Å². The first-order chi connectivity index (χ1) is 9.91. The van der Waals surface area contributed by atoms with Crippen LogP contribution < -0.4 is 5.32 Å². The zero-order valence-electron chi connectivity index (χ0n) is 11.3. The van der Waals surface area contributed by atoms with Crippen LogP contribution in [-0.2, 0) is 0 Å². The number of hydrogen-bond acceptors (Lipinski definition) is 5. The van der Waals surface area contributed by atoms with Crippen LogP contribution in [-0.4, -0.2) is 26.6 Å². The predicted octanol–water partition coefficient (Wildman–Crippen LogP) is 3.37. The van der Waals surface area contributed by atoms with Crippen LogP contribution in [0.4, 0.5) is 5.69 Å². The number of carbonyl (C=O) groups excluding carboxylic acids is 1. The normalized spacial score (nSPS) is 10.7. The number of benzene rings is 1. The van der Waals surface area contributed by atoms with Crippen LogP contribution in [0.25, 0.3) is 0 Å². The summed E-state index contributed by atoms with van der Waals surface area (Å²) in [6, 6.07) is 4.68. The highest BCUT2D eigenvalue weighted by atomic mass is 79.9. The van der Waals surface area contributed by atoms with E-state index in [4.69, 9.17) is 0 Å². The molecule has 0 spiro atoms. The number of aromatic carboxylic acids is 1. The van der Waals surface area contributed by atoms with Gasteiger partial charge < -0.3 is 10.4 Å². The van der Waals surface area contributed by atoms with E-state index in [1.165, 1.54) is 6.07 Å². The molecular formula is C13H12BrN3O3S. The van der Waals surface area contributed by atoms with Crippen molar-refractivity contribution in [1.29, 1.82) is 0 Å². The Hall–Kier alpha value is -1.80. The second-order valence-electron chi connectivity index (χ2n) is 4.56. The number of nitrogens with one attached hydrogen (secondary N) is 1. The molecule has 0 saturated carbocycles. The Morgan fingerprint density at radius 3 is 2.71 bits per heavy atom. The number of carboxylic acid groups (broad SMARTS) is 1. The van der Waals surface area contributed by atoms with Crippen LogP contribution in [0.2, 0.25) is 0 Å². The van der Waals surface area contributed by atoms with Crippen LogP contribution in [0.5, 0.6) is 0 Å². The second kappa shape index (κ2) is 6.31. The molecule has 21 heavy (non-hydrogen) atoms. The van der Waals surface area contributed by atoms with Gasteiger partial charge in [0.05, 0.1) is 16.9 Å². The first kappa shape index (κ1) is 15.6. The molecule has 110 valence electrons. The Bertz CT molecular complexity index is 700. The van der Waals surface area contributed by atoms with Gasteiger partial charge in [-0.1, -0.05) is 24.4 Å². The molecule has 0 aliphatic heterocycles. The lowest BCUT2D eigenvalue weighted by Gasteiger charge is -2.10. The fraction of sp³-hybridized carbons (Fsp3) is 0.231. The molecule has 0 bridgehead atoms. The van der Waals surface area contributed by atoms with Crippen LogP contribution >= 0.6 is 27.5 Å². The van der Waals surface area contributed by atoms with Gasteiger partial charge in [0.25, 0.3) is 5.91 Å². The molecule has 1 heterocycles. The number of amides is 1. The van der Waals surface area contributed by atoms with Gasteiger partial charge in [-0.15, -0.1) is 5.10 Å². The molecule has 2 aromatic rings. The first-order valence-corrected chi connectivity index (χ1v) is 7.63. The molecule has 1 aromatic heterocycles. The molecule has 0 aliphatic rings. The number of para-hydroxylation sites is 1. The van der Waals surface area contributed by atoms with Crippen molar-refractivity contribution in [2.24, 2.45) is 0 Å². The third-order valence-corrected chi connectivity index (χ3v) is 4.15. The summed E-state index contributed by atoms with van der Waals surface area (Å²) in [5.74, 6) is -1.47. The van der Waals surface area contributed by atoms with Gasteiger partial charge in [0, 0.05) is 4.47 Å². The number of carbonyl (C=O) groups is 2. The van der Waals surface area contributed by atoms with Crippen molar-refractivity contribution < 1.29 is 14.7 Å². The molecule has 6 nitrogen and oxygen atoms in total.